The summed E-state index contributed by atoms with van der Waals surface area (Å²) in [6, 6.07) is 41.1. The molecule has 0 bridgehead atoms. The van der Waals surface area contributed by atoms with E-state index in [1.54, 1.807) is 18.2 Å². The van der Waals surface area contributed by atoms with Gasteiger partial charge in [-0.3, -0.25) is 9.21 Å². The molecule has 1 heterocycles. The molecule has 0 fully saturated rings. The van der Waals surface area contributed by atoms with E-state index < -0.39 is 16.1 Å². The standard InChI is InChI=1S/C37H37N3O4S/c1-45(42,43)40(26-29-13-6-3-7-14-29)31-16-10-15-30(23-31)37(41)27-39(25-28-11-4-2-5-12-28)21-22-44-32-19-20-34-33-17-8-9-18-35(33)38-36(34)24-32/h2-20,23-24,37-38,41H,21-22,25-27H2,1H3/t37-/m0/s1. The van der Waals surface area contributed by atoms with Gasteiger partial charge in [-0.05, 0) is 47.0 Å². The molecular weight excluding hydrogens is 582 g/mol. The number of nitrogens with zero attached hydrogens (tertiary/aromatic N) is 2. The topological polar surface area (TPSA) is 85.9 Å². The van der Waals surface area contributed by atoms with Crippen LogP contribution in [0, 0.1) is 0 Å². The molecule has 7 nitrogen and oxygen atoms in total. The molecule has 0 aliphatic rings. The molecule has 230 valence electrons. The first-order valence-electron chi connectivity index (χ1n) is 15.0. The van der Waals surface area contributed by atoms with Crippen LogP contribution >= 0.6 is 0 Å². The molecule has 6 aromatic rings. The van der Waals surface area contributed by atoms with Crippen LogP contribution in [0.3, 0.4) is 0 Å². The molecule has 0 unspecified atom stereocenters. The Bertz CT molecular complexity index is 1980. The second kappa shape index (κ2) is 13.6. The number of fused-ring (bicyclic) bond motifs is 3. The van der Waals surface area contributed by atoms with Crippen molar-refractivity contribution in [3.63, 3.8) is 0 Å². The number of aromatic amines is 1. The van der Waals surface area contributed by atoms with Crippen LogP contribution in [-0.4, -0.2) is 49.4 Å². The molecule has 0 amide bonds. The summed E-state index contributed by atoms with van der Waals surface area (Å²) in [5.74, 6) is 0.779. The van der Waals surface area contributed by atoms with Crippen molar-refractivity contribution in [1.29, 1.82) is 0 Å². The van der Waals surface area contributed by atoms with E-state index in [9.17, 15) is 13.5 Å². The van der Waals surface area contributed by atoms with Gasteiger partial charge in [-0.2, -0.15) is 0 Å². The lowest BCUT2D eigenvalue weighted by atomic mass is 10.1. The van der Waals surface area contributed by atoms with Gasteiger partial charge in [-0.25, -0.2) is 8.42 Å². The highest BCUT2D eigenvalue weighted by atomic mass is 32.2. The molecule has 8 heteroatoms. The number of rotatable bonds is 13. The monoisotopic (exact) mass is 619 g/mol. The molecule has 0 aliphatic heterocycles. The predicted octanol–water partition coefficient (Wildman–Crippen LogP) is 6.90. The van der Waals surface area contributed by atoms with E-state index in [0.29, 0.717) is 37.5 Å². The van der Waals surface area contributed by atoms with Gasteiger partial charge in [0.2, 0.25) is 10.0 Å². The van der Waals surface area contributed by atoms with Crippen molar-refractivity contribution < 1.29 is 18.3 Å². The molecule has 6 rings (SSSR count). The fourth-order valence-corrected chi connectivity index (χ4v) is 6.56. The lowest BCUT2D eigenvalue weighted by molar-refractivity contribution is 0.0986. The summed E-state index contributed by atoms with van der Waals surface area (Å²) in [5, 5.41) is 13.8. The molecule has 2 N–H and O–H groups in total. The van der Waals surface area contributed by atoms with Crippen LogP contribution < -0.4 is 9.04 Å². The second-order valence-electron chi connectivity index (χ2n) is 11.3. The highest BCUT2D eigenvalue weighted by Crippen LogP contribution is 2.29. The van der Waals surface area contributed by atoms with Gasteiger partial charge in [0.05, 0.1) is 30.1 Å². The Hall–Kier alpha value is -4.63. The van der Waals surface area contributed by atoms with Gasteiger partial charge in [0.1, 0.15) is 12.4 Å². The van der Waals surface area contributed by atoms with Crippen molar-refractivity contribution in [3.05, 3.63) is 144 Å². The summed E-state index contributed by atoms with van der Waals surface area (Å²) in [7, 11) is -3.56. The number of aliphatic hydroxyl groups is 1. The Balaban J connectivity index is 1.17. The van der Waals surface area contributed by atoms with Crippen LogP contribution in [0.25, 0.3) is 21.8 Å². The number of aliphatic hydroxyl groups excluding tert-OH is 1. The Morgan fingerprint density at radius 1 is 0.733 bits per heavy atom. The van der Waals surface area contributed by atoms with Crippen LogP contribution in [0.15, 0.2) is 127 Å². The third-order valence-electron chi connectivity index (χ3n) is 7.95. The maximum absolute atomic E-state index is 12.8. The normalized spacial score (nSPS) is 12.5. The summed E-state index contributed by atoms with van der Waals surface area (Å²) in [4.78, 5) is 5.62. The van der Waals surface area contributed by atoms with E-state index in [2.05, 4.69) is 40.2 Å². The van der Waals surface area contributed by atoms with Gasteiger partial charge in [0.25, 0.3) is 0 Å². The molecular formula is C37H37N3O4S. The SMILES string of the molecule is CS(=O)(=O)N(Cc1ccccc1)c1cccc([C@@H](O)CN(CCOc2ccc3c(c2)[nH]c2ccccc23)Cc2ccccc2)c1. The Kier molecular flexibility index (Phi) is 9.16. The number of H-pyrrole nitrogens is 1. The van der Waals surface area contributed by atoms with E-state index in [-0.39, 0.29) is 6.54 Å². The smallest absolute Gasteiger partial charge is 0.232 e. The maximum atomic E-state index is 12.8. The highest BCUT2D eigenvalue weighted by molar-refractivity contribution is 7.92. The van der Waals surface area contributed by atoms with Crippen molar-refractivity contribution in [3.8, 4) is 5.75 Å². The van der Waals surface area contributed by atoms with Crippen LogP contribution in [-0.2, 0) is 23.1 Å². The minimum absolute atomic E-state index is 0.209. The van der Waals surface area contributed by atoms with Gasteiger partial charge >= 0.3 is 0 Å². The number of anilines is 1. The quantitative estimate of drug-likeness (QED) is 0.147. The zero-order chi connectivity index (χ0) is 31.2. The van der Waals surface area contributed by atoms with E-state index in [0.717, 1.165) is 33.3 Å². The van der Waals surface area contributed by atoms with Crippen LogP contribution in [0.4, 0.5) is 5.69 Å². The lowest BCUT2D eigenvalue weighted by Crippen LogP contribution is -2.32. The molecule has 0 spiro atoms. The molecule has 0 saturated carbocycles. The molecule has 0 aliphatic carbocycles. The van der Waals surface area contributed by atoms with Crippen molar-refractivity contribution >= 4 is 37.5 Å². The Labute approximate surface area is 264 Å². The van der Waals surface area contributed by atoms with Gasteiger partial charge < -0.3 is 14.8 Å². The Morgan fingerprint density at radius 3 is 2.13 bits per heavy atom. The molecule has 0 radical (unpaired) electrons. The summed E-state index contributed by atoms with van der Waals surface area (Å²) in [6.07, 6.45) is 0.366. The van der Waals surface area contributed by atoms with E-state index in [4.69, 9.17) is 4.74 Å². The number of para-hydroxylation sites is 1. The molecule has 0 saturated heterocycles. The fourth-order valence-electron chi connectivity index (χ4n) is 5.68. The molecule has 1 atom stereocenters. The number of sulfonamides is 1. The van der Waals surface area contributed by atoms with Gasteiger partial charge in [-0.15, -0.1) is 0 Å². The first-order chi connectivity index (χ1) is 21.8. The van der Waals surface area contributed by atoms with E-state index >= 15 is 0 Å². The largest absolute Gasteiger partial charge is 0.492 e. The van der Waals surface area contributed by atoms with E-state index in [1.807, 2.05) is 78.9 Å². The van der Waals surface area contributed by atoms with Gasteiger partial charge in [0, 0.05) is 42.0 Å². The molecule has 45 heavy (non-hydrogen) atoms. The second-order valence-corrected chi connectivity index (χ2v) is 13.2. The lowest BCUT2D eigenvalue weighted by Gasteiger charge is -2.27. The zero-order valence-corrected chi connectivity index (χ0v) is 26.0. The number of hydrogen-bond donors (Lipinski definition) is 2. The number of hydrogen-bond acceptors (Lipinski definition) is 5. The number of ether oxygens (including phenoxy) is 1. The van der Waals surface area contributed by atoms with Crippen molar-refractivity contribution in [2.24, 2.45) is 0 Å². The first-order valence-corrected chi connectivity index (χ1v) is 16.9. The third-order valence-corrected chi connectivity index (χ3v) is 9.09. The molecule has 5 aromatic carbocycles. The van der Waals surface area contributed by atoms with Gasteiger partial charge in [-0.1, -0.05) is 91.0 Å². The minimum atomic E-state index is -3.56. The zero-order valence-electron chi connectivity index (χ0n) is 25.2. The van der Waals surface area contributed by atoms with Crippen LogP contribution in [0.2, 0.25) is 0 Å². The summed E-state index contributed by atoms with van der Waals surface area (Å²) < 4.78 is 33.1. The number of benzene rings is 5. The third kappa shape index (κ3) is 7.54. The van der Waals surface area contributed by atoms with Crippen molar-refractivity contribution in [1.82, 2.24) is 9.88 Å². The minimum Gasteiger partial charge on any atom is -0.492 e. The Morgan fingerprint density at radius 2 is 1.40 bits per heavy atom. The van der Waals surface area contributed by atoms with Crippen LogP contribution in [0.5, 0.6) is 5.75 Å². The number of nitrogens with one attached hydrogen (secondary N) is 1. The van der Waals surface area contributed by atoms with Crippen LogP contribution in [0.1, 0.15) is 22.8 Å². The average molecular weight is 620 g/mol. The highest BCUT2D eigenvalue weighted by Gasteiger charge is 2.21. The number of aromatic nitrogens is 1. The molecule has 1 aromatic heterocycles. The van der Waals surface area contributed by atoms with Gasteiger partial charge in [0.15, 0.2) is 0 Å². The summed E-state index contributed by atoms with van der Waals surface area (Å²) >= 11 is 0. The van der Waals surface area contributed by atoms with Crippen molar-refractivity contribution in [2.75, 3.05) is 30.3 Å². The average Bonchev–Trinajstić information content (AvgIpc) is 3.42. The maximum Gasteiger partial charge on any atom is 0.232 e. The fraction of sp³-hybridized carbons (Fsp3) is 0.189. The van der Waals surface area contributed by atoms with Crippen molar-refractivity contribution in [2.45, 2.75) is 19.2 Å². The first kappa shape index (κ1) is 30.4. The predicted molar refractivity (Wildman–Crippen MR) is 182 cm³/mol. The van der Waals surface area contributed by atoms with E-state index in [1.165, 1.54) is 15.9 Å². The summed E-state index contributed by atoms with van der Waals surface area (Å²) in [5.41, 5.74) is 5.30. The summed E-state index contributed by atoms with van der Waals surface area (Å²) in [6.45, 7) is 2.21.